The number of nitrogens with zero attached hydrogens (tertiary/aromatic N) is 2. The Balaban J connectivity index is 1.78. The maximum absolute atomic E-state index is 10.4. The van der Waals surface area contributed by atoms with E-state index in [-0.39, 0.29) is 24.4 Å². The van der Waals surface area contributed by atoms with Crippen LogP contribution in [0.2, 0.25) is 0 Å². The van der Waals surface area contributed by atoms with E-state index in [2.05, 4.69) is 37.5 Å². The van der Waals surface area contributed by atoms with Crippen molar-refractivity contribution in [2.75, 3.05) is 39.3 Å². The van der Waals surface area contributed by atoms with Gasteiger partial charge in [-0.15, -0.1) is 0 Å². The zero-order chi connectivity index (χ0) is 14.7. The molecule has 5 heteroatoms. The molecule has 0 radical (unpaired) electrons. The lowest BCUT2D eigenvalue weighted by atomic mass is 10.1. The second-order valence-electron chi connectivity index (χ2n) is 6.58. The molecule has 20 heavy (non-hydrogen) atoms. The van der Waals surface area contributed by atoms with Gasteiger partial charge in [0, 0.05) is 38.8 Å². The molecule has 2 rings (SSSR count). The maximum Gasteiger partial charge on any atom is 0.0793 e. The van der Waals surface area contributed by atoms with Gasteiger partial charge >= 0.3 is 0 Å². The molecule has 0 aromatic heterocycles. The van der Waals surface area contributed by atoms with Gasteiger partial charge in [0.05, 0.1) is 31.0 Å². The number of aliphatic hydroxyl groups is 1. The van der Waals surface area contributed by atoms with Gasteiger partial charge in [0.2, 0.25) is 0 Å². The van der Waals surface area contributed by atoms with Crippen LogP contribution in [0.4, 0.5) is 0 Å². The number of ether oxygens (including phenoxy) is 2. The number of β-amino-alcohol motifs (C(OH)–C–C–N with tert-alkyl or cyclic N) is 1. The van der Waals surface area contributed by atoms with E-state index in [1.807, 2.05) is 0 Å². The summed E-state index contributed by atoms with van der Waals surface area (Å²) < 4.78 is 11.4. The summed E-state index contributed by atoms with van der Waals surface area (Å²) in [5.41, 5.74) is 0. The maximum atomic E-state index is 10.4. The summed E-state index contributed by atoms with van der Waals surface area (Å²) in [7, 11) is 0. The topological polar surface area (TPSA) is 45.2 Å². The summed E-state index contributed by atoms with van der Waals surface area (Å²) >= 11 is 0. The van der Waals surface area contributed by atoms with Crippen LogP contribution >= 0.6 is 0 Å². The molecule has 118 valence electrons. The number of hydrogen-bond acceptors (Lipinski definition) is 5. The van der Waals surface area contributed by atoms with Gasteiger partial charge in [0.1, 0.15) is 0 Å². The minimum atomic E-state index is -0.305. The van der Waals surface area contributed by atoms with E-state index in [0.29, 0.717) is 6.04 Å². The molecule has 0 saturated carbocycles. The van der Waals surface area contributed by atoms with E-state index in [4.69, 9.17) is 9.47 Å². The molecule has 0 spiro atoms. The van der Waals surface area contributed by atoms with Crippen LogP contribution in [0.1, 0.15) is 27.7 Å². The van der Waals surface area contributed by atoms with Crippen molar-refractivity contribution in [1.29, 1.82) is 0 Å². The van der Waals surface area contributed by atoms with E-state index in [1.165, 1.54) is 0 Å². The highest BCUT2D eigenvalue weighted by atomic mass is 16.5. The second kappa shape index (κ2) is 7.18. The SMILES string of the molecule is CC1CN(CC(O)CN2CC(C)OC(C)C2)C(C)CO1. The van der Waals surface area contributed by atoms with Crippen molar-refractivity contribution in [1.82, 2.24) is 9.80 Å². The Hall–Kier alpha value is -0.200. The van der Waals surface area contributed by atoms with Crippen LogP contribution in [-0.4, -0.2) is 84.7 Å². The van der Waals surface area contributed by atoms with Crippen LogP contribution in [0.25, 0.3) is 0 Å². The first-order chi connectivity index (χ1) is 9.44. The van der Waals surface area contributed by atoms with Crippen LogP contribution in [-0.2, 0) is 9.47 Å². The Morgan fingerprint density at radius 2 is 1.65 bits per heavy atom. The van der Waals surface area contributed by atoms with Gasteiger partial charge in [0.25, 0.3) is 0 Å². The van der Waals surface area contributed by atoms with E-state index >= 15 is 0 Å². The lowest BCUT2D eigenvalue weighted by molar-refractivity contribution is -0.0871. The molecular weight excluding hydrogens is 256 g/mol. The first-order valence-electron chi connectivity index (χ1n) is 7.85. The Morgan fingerprint density at radius 1 is 1.00 bits per heavy atom. The largest absolute Gasteiger partial charge is 0.390 e. The summed E-state index contributed by atoms with van der Waals surface area (Å²) in [5.74, 6) is 0. The highest BCUT2D eigenvalue weighted by molar-refractivity contribution is 4.80. The van der Waals surface area contributed by atoms with Crippen LogP contribution < -0.4 is 0 Å². The van der Waals surface area contributed by atoms with E-state index < -0.39 is 0 Å². The third-order valence-corrected chi connectivity index (χ3v) is 4.15. The minimum Gasteiger partial charge on any atom is -0.390 e. The van der Waals surface area contributed by atoms with Crippen molar-refractivity contribution >= 4 is 0 Å². The number of hydrogen-bond donors (Lipinski definition) is 1. The third-order valence-electron chi connectivity index (χ3n) is 4.15. The molecule has 0 amide bonds. The summed E-state index contributed by atoms with van der Waals surface area (Å²) in [6.07, 6.45) is 0.476. The molecule has 5 atom stereocenters. The van der Waals surface area contributed by atoms with E-state index in [9.17, 15) is 5.11 Å². The molecule has 5 unspecified atom stereocenters. The standard InChI is InChI=1S/C15H30N2O3/c1-11-10-19-12(2)7-17(11)9-15(18)8-16-5-13(3)20-14(4)6-16/h11-15,18H,5-10H2,1-4H3. The zero-order valence-corrected chi connectivity index (χ0v) is 13.3. The fourth-order valence-corrected chi connectivity index (χ4v) is 3.29. The fraction of sp³-hybridized carbons (Fsp3) is 1.00. The number of rotatable bonds is 4. The molecule has 2 heterocycles. The molecule has 2 aliphatic heterocycles. The van der Waals surface area contributed by atoms with E-state index in [1.54, 1.807) is 0 Å². The monoisotopic (exact) mass is 286 g/mol. The van der Waals surface area contributed by atoms with Gasteiger partial charge in [-0.05, 0) is 27.7 Å². The summed E-state index contributed by atoms with van der Waals surface area (Å²) in [6, 6.07) is 0.392. The lowest BCUT2D eigenvalue weighted by Gasteiger charge is -2.40. The highest BCUT2D eigenvalue weighted by Crippen LogP contribution is 2.14. The highest BCUT2D eigenvalue weighted by Gasteiger charge is 2.28. The summed E-state index contributed by atoms with van der Waals surface area (Å²) in [5, 5.41) is 10.4. The molecule has 0 aliphatic carbocycles. The predicted octanol–water partition coefficient (Wildman–Crippen LogP) is 0.566. The van der Waals surface area contributed by atoms with Crippen molar-refractivity contribution in [2.24, 2.45) is 0 Å². The van der Waals surface area contributed by atoms with Crippen molar-refractivity contribution in [3.8, 4) is 0 Å². The lowest BCUT2D eigenvalue weighted by Crippen LogP contribution is -2.53. The molecular formula is C15H30N2O3. The van der Waals surface area contributed by atoms with Crippen LogP contribution in [0.5, 0.6) is 0 Å². The Labute approximate surface area is 122 Å². The average Bonchev–Trinajstić information content (AvgIpc) is 2.32. The van der Waals surface area contributed by atoms with Gasteiger partial charge in [0.15, 0.2) is 0 Å². The van der Waals surface area contributed by atoms with Gasteiger partial charge in [-0.2, -0.15) is 0 Å². The Bertz CT molecular complexity index is 293. The normalized spacial score (nSPS) is 38.9. The molecule has 0 aromatic carbocycles. The molecule has 1 N–H and O–H groups in total. The minimum absolute atomic E-state index is 0.258. The first kappa shape index (κ1) is 16.2. The van der Waals surface area contributed by atoms with Crippen LogP contribution in [0.3, 0.4) is 0 Å². The van der Waals surface area contributed by atoms with Crippen molar-refractivity contribution in [3.05, 3.63) is 0 Å². The molecule has 0 aromatic rings. The number of morpholine rings is 2. The van der Waals surface area contributed by atoms with Crippen molar-refractivity contribution < 1.29 is 14.6 Å². The van der Waals surface area contributed by atoms with Gasteiger partial charge in [-0.3, -0.25) is 9.80 Å². The van der Waals surface area contributed by atoms with E-state index in [0.717, 1.165) is 39.3 Å². The van der Waals surface area contributed by atoms with Gasteiger partial charge in [-0.1, -0.05) is 0 Å². The summed E-state index contributed by atoms with van der Waals surface area (Å²) in [6.45, 7) is 13.4. The van der Waals surface area contributed by atoms with Crippen molar-refractivity contribution in [3.63, 3.8) is 0 Å². The molecule has 2 saturated heterocycles. The quantitative estimate of drug-likeness (QED) is 0.818. The molecule has 0 bridgehead atoms. The number of aliphatic hydroxyl groups excluding tert-OH is 1. The van der Waals surface area contributed by atoms with Crippen molar-refractivity contribution in [2.45, 2.75) is 58.2 Å². The van der Waals surface area contributed by atoms with Crippen LogP contribution in [0.15, 0.2) is 0 Å². The zero-order valence-electron chi connectivity index (χ0n) is 13.3. The van der Waals surface area contributed by atoms with Gasteiger partial charge in [-0.25, -0.2) is 0 Å². The molecule has 2 aliphatic rings. The third kappa shape index (κ3) is 4.67. The van der Waals surface area contributed by atoms with Crippen LogP contribution in [0, 0.1) is 0 Å². The first-order valence-corrected chi connectivity index (χ1v) is 7.85. The summed E-state index contributed by atoms with van der Waals surface area (Å²) in [4.78, 5) is 4.66. The Kier molecular flexibility index (Phi) is 5.81. The second-order valence-corrected chi connectivity index (χ2v) is 6.58. The molecule has 2 fully saturated rings. The smallest absolute Gasteiger partial charge is 0.0793 e. The fourth-order valence-electron chi connectivity index (χ4n) is 3.29. The van der Waals surface area contributed by atoms with Gasteiger partial charge < -0.3 is 14.6 Å². The molecule has 5 nitrogen and oxygen atoms in total. The average molecular weight is 286 g/mol. The predicted molar refractivity (Wildman–Crippen MR) is 78.9 cm³/mol. The Morgan fingerprint density at radius 3 is 2.30 bits per heavy atom.